The second kappa shape index (κ2) is 7.31. The first-order chi connectivity index (χ1) is 13.1. The molecular formula is C20H22N4O2S. The summed E-state index contributed by atoms with van der Waals surface area (Å²) < 4.78 is 0. The monoisotopic (exact) mass is 382 g/mol. The van der Waals surface area contributed by atoms with Crippen molar-refractivity contribution in [2.24, 2.45) is 0 Å². The van der Waals surface area contributed by atoms with Gasteiger partial charge in [-0.1, -0.05) is 25.6 Å². The third-order valence-electron chi connectivity index (χ3n) is 5.16. The fourth-order valence-corrected chi connectivity index (χ4v) is 4.50. The maximum absolute atomic E-state index is 13.0. The van der Waals surface area contributed by atoms with Gasteiger partial charge in [-0.25, -0.2) is 4.98 Å². The Balaban J connectivity index is 1.88. The number of hydrogen-bond donors (Lipinski definition) is 2. The van der Waals surface area contributed by atoms with Crippen LogP contribution in [0.25, 0.3) is 0 Å². The van der Waals surface area contributed by atoms with E-state index in [4.69, 9.17) is 0 Å². The molecule has 2 aliphatic rings. The van der Waals surface area contributed by atoms with Crippen molar-refractivity contribution in [3.8, 4) is 0 Å². The summed E-state index contributed by atoms with van der Waals surface area (Å²) in [5.41, 5.74) is 2.83. The average Bonchev–Trinajstić information content (AvgIpc) is 2.67. The number of fused-ring (bicyclic) bond motifs is 1. The van der Waals surface area contributed by atoms with Gasteiger partial charge in [0.05, 0.1) is 5.56 Å². The van der Waals surface area contributed by atoms with Gasteiger partial charge < -0.3 is 10.3 Å². The van der Waals surface area contributed by atoms with E-state index in [0.29, 0.717) is 33.8 Å². The first-order valence-electron chi connectivity index (χ1n) is 9.32. The molecule has 6 nitrogen and oxygen atoms in total. The molecule has 2 aromatic heterocycles. The highest BCUT2D eigenvalue weighted by molar-refractivity contribution is 7.99. The molecule has 2 atom stereocenters. The van der Waals surface area contributed by atoms with Crippen molar-refractivity contribution >= 4 is 23.4 Å². The number of aromatic nitrogens is 3. The van der Waals surface area contributed by atoms with Crippen LogP contribution in [-0.4, -0.2) is 26.0 Å². The third-order valence-corrected chi connectivity index (χ3v) is 6.32. The van der Waals surface area contributed by atoms with Crippen LogP contribution in [0.1, 0.15) is 56.6 Å². The van der Waals surface area contributed by atoms with Crippen molar-refractivity contribution in [2.45, 2.75) is 55.9 Å². The summed E-state index contributed by atoms with van der Waals surface area (Å²) in [6.07, 6.45) is 6.51. The molecule has 2 aromatic rings. The van der Waals surface area contributed by atoms with Crippen LogP contribution in [0.15, 0.2) is 45.7 Å². The van der Waals surface area contributed by atoms with Crippen molar-refractivity contribution in [1.29, 1.82) is 0 Å². The Bertz CT molecular complexity index is 968. The lowest BCUT2D eigenvalue weighted by Crippen LogP contribution is -2.32. The number of carbonyl (C=O) groups is 1. The predicted octanol–water partition coefficient (Wildman–Crippen LogP) is 3.62. The standard InChI is InChI=1S/C20H22N4O2S/c1-3-11(2)27-20-23-18-17(19(26)24-20)15(12-7-9-21-10-8-12)16-13(22-18)5-4-6-14(16)25/h7-11,15H,3-6H2,1-2H3,(H2,22,23,24,26)/t11-,15-/m1/s1. The Kier molecular flexibility index (Phi) is 4.86. The molecule has 140 valence electrons. The molecule has 0 aromatic carbocycles. The average molecular weight is 382 g/mol. The van der Waals surface area contributed by atoms with Gasteiger partial charge in [0.1, 0.15) is 5.82 Å². The summed E-state index contributed by atoms with van der Waals surface area (Å²) in [5, 5.41) is 4.27. The van der Waals surface area contributed by atoms with Gasteiger partial charge in [0.2, 0.25) is 0 Å². The van der Waals surface area contributed by atoms with E-state index in [1.54, 1.807) is 24.2 Å². The minimum absolute atomic E-state index is 0.105. The van der Waals surface area contributed by atoms with Crippen LogP contribution in [0.5, 0.6) is 0 Å². The number of aromatic amines is 1. The summed E-state index contributed by atoms with van der Waals surface area (Å²) in [6.45, 7) is 4.22. The number of Topliss-reactive ketones (excluding diaryl/α,β-unsaturated/α-hetero) is 1. The number of carbonyl (C=O) groups excluding carboxylic acids is 1. The number of H-pyrrole nitrogens is 1. The fourth-order valence-electron chi connectivity index (χ4n) is 3.66. The molecule has 0 saturated carbocycles. The Morgan fingerprint density at radius 3 is 2.78 bits per heavy atom. The molecule has 2 N–H and O–H groups in total. The van der Waals surface area contributed by atoms with Crippen molar-refractivity contribution in [2.75, 3.05) is 5.32 Å². The number of nitrogens with one attached hydrogen (secondary N) is 2. The predicted molar refractivity (Wildman–Crippen MR) is 106 cm³/mol. The number of nitrogens with zero attached hydrogens (tertiary/aromatic N) is 2. The SMILES string of the molecule is CC[C@@H](C)Sc1nc2c(c(=O)[nH]1)[C@H](c1ccncc1)C1=C(CCCC1=O)N2. The molecule has 0 spiro atoms. The van der Waals surface area contributed by atoms with E-state index >= 15 is 0 Å². The Hall–Kier alpha value is -2.41. The van der Waals surface area contributed by atoms with E-state index in [0.717, 1.165) is 30.5 Å². The number of ketones is 1. The van der Waals surface area contributed by atoms with Crippen LogP contribution in [0, 0.1) is 0 Å². The lowest BCUT2D eigenvalue weighted by atomic mass is 9.77. The maximum atomic E-state index is 13.0. The van der Waals surface area contributed by atoms with Gasteiger partial charge >= 0.3 is 0 Å². The molecule has 27 heavy (non-hydrogen) atoms. The molecule has 0 saturated heterocycles. The number of rotatable bonds is 4. The molecule has 7 heteroatoms. The van der Waals surface area contributed by atoms with E-state index in [1.807, 2.05) is 12.1 Å². The highest BCUT2D eigenvalue weighted by Crippen LogP contribution is 2.43. The van der Waals surface area contributed by atoms with Crippen LogP contribution in [0.4, 0.5) is 5.82 Å². The smallest absolute Gasteiger partial charge is 0.257 e. The molecule has 1 aliphatic carbocycles. The zero-order valence-electron chi connectivity index (χ0n) is 15.4. The molecular weight excluding hydrogens is 360 g/mol. The molecule has 0 unspecified atom stereocenters. The quantitative estimate of drug-likeness (QED) is 0.620. The lowest BCUT2D eigenvalue weighted by molar-refractivity contribution is -0.116. The maximum Gasteiger partial charge on any atom is 0.257 e. The summed E-state index contributed by atoms with van der Waals surface area (Å²) >= 11 is 1.56. The largest absolute Gasteiger partial charge is 0.343 e. The fraction of sp³-hybridized carbons (Fsp3) is 0.400. The first-order valence-corrected chi connectivity index (χ1v) is 10.2. The zero-order chi connectivity index (χ0) is 19.0. The minimum Gasteiger partial charge on any atom is -0.343 e. The number of pyridine rings is 1. The van der Waals surface area contributed by atoms with Gasteiger partial charge in [0, 0.05) is 41.3 Å². The molecule has 3 heterocycles. The number of thioether (sulfide) groups is 1. The van der Waals surface area contributed by atoms with Crippen LogP contribution in [0.2, 0.25) is 0 Å². The molecule has 4 rings (SSSR count). The number of anilines is 1. The Morgan fingerprint density at radius 1 is 1.26 bits per heavy atom. The summed E-state index contributed by atoms with van der Waals surface area (Å²) in [7, 11) is 0. The first kappa shape index (κ1) is 18.0. The minimum atomic E-state index is -0.397. The highest BCUT2D eigenvalue weighted by atomic mass is 32.2. The van der Waals surface area contributed by atoms with E-state index < -0.39 is 5.92 Å². The molecule has 0 radical (unpaired) electrons. The topological polar surface area (TPSA) is 87.7 Å². The lowest BCUT2D eigenvalue weighted by Gasteiger charge is -2.32. The molecule has 1 aliphatic heterocycles. The van der Waals surface area contributed by atoms with Gasteiger partial charge in [-0.15, -0.1) is 0 Å². The summed E-state index contributed by atoms with van der Waals surface area (Å²) in [5.74, 6) is 0.277. The Labute approximate surface area is 161 Å². The normalized spacial score (nSPS) is 19.9. The van der Waals surface area contributed by atoms with Crippen molar-refractivity contribution in [1.82, 2.24) is 15.0 Å². The number of hydrogen-bond acceptors (Lipinski definition) is 6. The van der Waals surface area contributed by atoms with Crippen molar-refractivity contribution in [3.05, 3.63) is 57.3 Å². The van der Waals surface area contributed by atoms with Gasteiger partial charge in [-0.2, -0.15) is 0 Å². The van der Waals surface area contributed by atoms with Crippen molar-refractivity contribution < 1.29 is 4.79 Å². The van der Waals surface area contributed by atoms with E-state index in [1.165, 1.54) is 0 Å². The molecule has 0 amide bonds. The molecule has 0 fully saturated rings. The third kappa shape index (κ3) is 3.32. The van der Waals surface area contributed by atoms with Gasteiger partial charge in [0.25, 0.3) is 5.56 Å². The highest BCUT2D eigenvalue weighted by Gasteiger charge is 2.37. The molecule has 0 bridgehead atoms. The second-order valence-corrected chi connectivity index (χ2v) is 8.40. The zero-order valence-corrected chi connectivity index (χ0v) is 16.2. The van der Waals surface area contributed by atoms with E-state index in [9.17, 15) is 9.59 Å². The van der Waals surface area contributed by atoms with Crippen LogP contribution in [-0.2, 0) is 4.79 Å². The van der Waals surface area contributed by atoms with Crippen LogP contribution >= 0.6 is 11.8 Å². The van der Waals surface area contributed by atoms with Gasteiger partial charge in [-0.3, -0.25) is 14.6 Å². The second-order valence-electron chi connectivity index (χ2n) is 6.98. The van der Waals surface area contributed by atoms with E-state index in [2.05, 4.69) is 34.1 Å². The van der Waals surface area contributed by atoms with Crippen LogP contribution < -0.4 is 10.9 Å². The van der Waals surface area contributed by atoms with E-state index in [-0.39, 0.29) is 11.3 Å². The van der Waals surface area contributed by atoms with Crippen LogP contribution in [0.3, 0.4) is 0 Å². The van der Waals surface area contributed by atoms with Gasteiger partial charge in [-0.05, 0) is 37.0 Å². The van der Waals surface area contributed by atoms with Crippen molar-refractivity contribution in [3.63, 3.8) is 0 Å². The Morgan fingerprint density at radius 2 is 2.04 bits per heavy atom. The number of allylic oxidation sites excluding steroid dienone is 2. The summed E-state index contributed by atoms with van der Waals surface area (Å²) in [4.78, 5) is 37.4. The summed E-state index contributed by atoms with van der Waals surface area (Å²) in [6, 6.07) is 3.74. The van der Waals surface area contributed by atoms with Gasteiger partial charge in [0.15, 0.2) is 10.9 Å².